The lowest BCUT2D eigenvalue weighted by atomic mass is 9.92. The van der Waals surface area contributed by atoms with Gasteiger partial charge in [-0.15, -0.1) is 12.4 Å². The zero-order chi connectivity index (χ0) is 12.5. The number of aryl methyl sites for hydroxylation is 1. The molecule has 2 saturated heterocycles. The van der Waals surface area contributed by atoms with Crippen LogP contribution in [0.5, 0.6) is 0 Å². The maximum atomic E-state index is 12.4. The highest BCUT2D eigenvalue weighted by Crippen LogP contribution is 2.27. The standard InChI is InChI=1S/C13H20N4O.ClH/c1-9-12(8-15-16-9)13(18)17-4-2-10-6-14-7-11(10)3-5-17;/h8,10-11,14H,2-7H2,1H3,(H,15,16);1H/t10-,11+;. The molecule has 0 bridgehead atoms. The van der Waals surface area contributed by atoms with Gasteiger partial charge in [0.2, 0.25) is 0 Å². The molecule has 3 rings (SSSR count). The number of carbonyl (C=O) groups is 1. The van der Waals surface area contributed by atoms with Crippen LogP contribution in [0, 0.1) is 18.8 Å². The normalized spacial score (nSPS) is 26.5. The van der Waals surface area contributed by atoms with Crippen molar-refractivity contribution < 1.29 is 4.79 Å². The van der Waals surface area contributed by atoms with E-state index in [1.54, 1.807) is 6.20 Å². The van der Waals surface area contributed by atoms with Crippen molar-refractivity contribution >= 4 is 18.3 Å². The molecular formula is C13H21ClN4O. The van der Waals surface area contributed by atoms with Gasteiger partial charge in [0.25, 0.3) is 5.91 Å². The third kappa shape index (κ3) is 2.77. The largest absolute Gasteiger partial charge is 0.339 e. The number of hydrogen-bond acceptors (Lipinski definition) is 3. The van der Waals surface area contributed by atoms with Gasteiger partial charge in [0, 0.05) is 18.8 Å². The van der Waals surface area contributed by atoms with Gasteiger partial charge < -0.3 is 10.2 Å². The Morgan fingerprint density at radius 2 is 1.95 bits per heavy atom. The first-order valence-corrected chi connectivity index (χ1v) is 6.75. The zero-order valence-corrected chi connectivity index (χ0v) is 12.0. The van der Waals surface area contributed by atoms with Crippen molar-refractivity contribution in [2.45, 2.75) is 19.8 Å². The molecule has 5 nitrogen and oxygen atoms in total. The van der Waals surface area contributed by atoms with Gasteiger partial charge in [-0.3, -0.25) is 9.89 Å². The average Bonchev–Trinajstić information content (AvgIpc) is 2.94. The molecule has 2 fully saturated rings. The van der Waals surface area contributed by atoms with E-state index in [0.717, 1.165) is 62.1 Å². The lowest BCUT2D eigenvalue weighted by Gasteiger charge is -2.20. The van der Waals surface area contributed by atoms with Crippen LogP contribution in [0.3, 0.4) is 0 Å². The minimum atomic E-state index is 0. The highest BCUT2D eigenvalue weighted by Gasteiger charge is 2.32. The van der Waals surface area contributed by atoms with E-state index in [2.05, 4.69) is 15.5 Å². The predicted molar refractivity (Wildman–Crippen MR) is 75.6 cm³/mol. The summed E-state index contributed by atoms with van der Waals surface area (Å²) in [6.07, 6.45) is 3.89. The molecule has 0 spiro atoms. The van der Waals surface area contributed by atoms with Crippen LogP contribution < -0.4 is 5.32 Å². The molecule has 0 radical (unpaired) electrons. The summed E-state index contributed by atoms with van der Waals surface area (Å²) in [5.41, 5.74) is 1.59. The lowest BCUT2D eigenvalue weighted by Crippen LogP contribution is -2.32. The summed E-state index contributed by atoms with van der Waals surface area (Å²) in [6.45, 7) is 5.91. The van der Waals surface area contributed by atoms with Crippen LogP contribution in [0.1, 0.15) is 28.9 Å². The Labute approximate surface area is 119 Å². The quantitative estimate of drug-likeness (QED) is 0.815. The van der Waals surface area contributed by atoms with Gasteiger partial charge in [-0.1, -0.05) is 0 Å². The Bertz CT molecular complexity index is 434. The number of nitrogens with zero attached hydrogens (tertiary/aromatic N) is 2. The first kappa shape index (κ1) is 14.3. The van der Waals surface area contributed by atoms with Gasteiger partial charge in [0.05, 0.1) is 11.8 Å². The number of nitrogens with one attached hydrogen (secondary N) is 2. The number of likely N-dealkylation sites (tertiary alicyclic amines) is 1. The molecule has 2 aliphatic rings. The molecule has 1 aromatic rings. The third-order valence-corrected chi connectivity index (χ3v) is 4.37. The van der Waals surface area contributed by atoms with Crippen molar-refractivity contribution in [2.75, 3.05) is 26.2 Å². The topological polar surface area (TPSA) is 61.0 Å². The second kappa shape index (κ2) is 5.92. The van der Waals surface area contributed by atoms with E-state index in [0.29, 0.717) is 0 Å². The van der Waals surface area contributed by atoms with Crippen LogP contribution in [-0.4, -0.2) is 47.2 Å². The zero-order valence-electron chi connectivity index (χ0n) is 11.2. The number of H-pyrrole nitrogens is 1. The fourth-order valence-electron chi connectivity index (χ4n) is 3.16. The van der Waals surface area contributed by atoms with Gasteiger partial charge in [0.1, 0.15) is 0 Å². The van der Waals surface area contributed by atoms with Crippen molar-refractivity contribution in [3.63, 3.8) is 0 Å². The number of amides is 1. The molecule has 1 aromatic heterocycles. The fourth-order valence-corrected chi connectivity index (χ4v) is 3.16. The Kier molecular flexibility index (Phi) is 4.47. The summed E-state index contributed by atoms with van der Waals surface area (Å²) in [7, 11) is 0. The second-order valence-corrected chi connectivity index (χ2v) is 5.46. The summed E-state index contributed by atoms with van der Waals surface area (Å²) in [6, 6.07) is 0. The van der Waals surface area contributed by atoms with Gasteiger partial charge in [-0.05, 0) is 44.7 Å². The smallest absolute Gasteiger partial charge is 0.257 e. The molecule has 1 amide bonds. The molecule has 6 heteroatoms. The Hall–Kier alpha value is -1.07. The van der Waals surface area contributed by atoms with E-state index in [9.17, 15) is 4.79 Å². The van der Waals surface area contributed by atoms with Crippen LogP contribution in [0.25, 0.3) is 0 Å². The van der Waals surface area contributed by atoms with Crippen molar-refractivity contribution in [3.8, 4) is 0 Å². The number of carbonyl (C=O) groups excluding carboxylic acids is 1. The maximum Gasteiger partial charge on any atom is 0.257 e. The van der Waals surface area contributed by atoms with Crippen molar-refractivity contribution in [2.24, 2.45) is 11.8 Å². The molecule has 2 aliphatic heterocycles. The average molecular weight is 285 g/mol. The van der Waals surface area contributed by atoms with E-state index in [-0.39, 0.29) is 18.3 Å². The van der Waals surface area contributed by atoms with E-state index in [1.807, 2.05) is 11.8 Å². The van der Waals surface area contributed by atoms with Crippen molar-refractivity contribution in [1.29, 1.82) is 0 Å². The number of rotatable bonds is 1. The molecule has 19 heavy (non-hydrogen) atoms. The number of hydrogen-bond donors (Lipinski definition) is 2. The van der Waals surface area contributed by atoms with Gasteiger partial charge in [-0.2, -0.15) is 5.10 Å². The molecule has 0 saturated carbocycles. The Morgan fingerprint density at radius 3 is 2.47 bits per heavy atom. The van der Waals surface area contributed by atoms with Crippen LogP contribution in [0.4, 0.5) is 0 Å². The summed E-state index contributed by atoms with van der Waals surface area (Å²) in [5, 5.41) is 10.2. The summed E-state index contributed by atoms with van der Waals surface area (Å²) < 4.78 is 0. The Balaban J connectivity index is 0.00000133. The molecule has 3 heterocycles. The van der Waals surface area contributed by atoms with E-state index < -0.39 is 0 Å². The predicted octanol–water partition coefficient (Wildman–Crippen LogP) is 1.21. The highest BCUT2D eigenvalue weighted by molar-refractivity contribution is 5.95. The molecular weight excluding hydrogens is 264 g/mol. The maximum absolute atomic E-state index is 12.4. The SMILES string of the molecule is Cc1[nH]ncc1C(=O)N1CC[C@@H]2CNC[C@@H]2CC1.Cl. The summed E-state index contributed by atoms with van der Waals surface area (Å²) in [4.78, 5) is 14.4. The van der Waals surface area contributed by atoms with E-state index in [1.165, 1.54) is 0 Å². The van der Waals surface area contributed by atoms with Gasteiger partial charge in [0.15, 0.2) is 0 Å². The third-order valence-electron chi connectivity index (χ3n) is 4.37. The summed E-state index contributed by atoms with van der Waals surface area (Å²) >= 11 is 0. The Morgan fingerprint density at radius 1 is 1.32 bits per heavy atom. The number of fused-ring (bicyclic) bond motifs is 1. The minimum absolute atomic E-state index is 0. The molecule has 2 atom stereocenters. The first-order chi connectivity index (χ1) is 8.75. The molecule has 0 unspecified atom stereocenters. The summed E-state index contributed by atoms with van der Waals surface area (Å²) in [5.74, 6) is 1.65. The monoisotopic (exact) mass is 284 g/mol. The van der Waals surface area contributed by atoms with E-state index >= 15 is 0 Å². The fraction of sp³-hybridized carbons (Fsp3) is 0.692. The lowest BCUT2D eigenvalue weighted by molar-refractivity contribution is 0.0758. The molecule has 0 aliphatic carbocycles. The van der Waals surface area contributed by atoms with Crippen LogP contribution in [0.2, 0.25) is 0 Å². The molecule has 106 valence electrons. The second-order valence-electron chi connectivity index (χ2n) is 5.46. The van der Waals surface area contributed by atoms with Gasteiger partial charge >= 0.3 is 0 Å². The van der Waals surface area contributed by atoms with Crippen LogP contribution >= 0.6 is 12.4 Å². The van der Waals surface area contributed by atoms with Gasteiger partial charge in [-0.25, -0.2) is 0 Å². The number of aromatic amines is 1. The molecule has 2 N–H and O–H groups in total. The highest BCUT2D eigenvalue weighted by atomic mass is 35.5. The first-order valence-electron chi connectivity index (χ1n) is 6.75. The molecule has 0 aromatic carbocycles. The van der Waals surface area contributed by atoms with Crippen molar-refractivity contribution in [3.05, 3.63) is 17.5 Å². The number of halogens is 1. The van der Waals surface area contributed by atoms with Crippen molar-refractivity contribution in [1.82, 2.24) is 20.4 Å². The van der Waals surface area contributed by atoms with E-state index in [4.69, 9.17) is 0 Å². The minimum Gasteiger partial charge on any atom is -0.339 e. The number of aromatic nitrogens is 2. The van der Waals surface area contributed by atoms with Crippen LogP contribution in [0.15, 0.2) is 6.20 Å². The van der Waals surface area contributed by atoms with Crippen LogP contribution in [-0.2, 0) is 0 Å².